The third-order valence-corrected chi connectivity index (χ3v) is 5.05. The van der Waals surface area contributed by atoms with Gasteiger partial charge in [0.2, 0.25) is 5.78 Å². The SMILES string of the molecule is Cc1cccc(/C=C2\Oc3c(CN4CCOCC4)c(O)cc(C)c3C2=O)c1. The zero-order valence-corrected chi connectivity index (χ0v) is 15.6. The number of carbonyl (C=O) groups is 1. The highest BCUT2D eigenvalue weighted by Crippen LogP contribution is 2.42. The number of hydrogen-bond acceptors (Lipinski definition) is 5. The van der Waals surface area contributed by atoms with E-state index in [-0.39, 0.29) is 11.5 Å². The number of allylic oxidation sites excluding steroid dienone is 1. The number of aromatic hydroxyl groups is 1. The van der Waals surface area contributed by atoms with E-state index < -0.39 is 0 Å². The molecule has 0 spiro atoms. The molecule has 140 valence electrons. The first-order valence-electron chi connectivity index (χ1n) is 9.19. The highest BCUT2D eigenvalue weighted by molar-refractivity contribution is 6.15. The summed E-state index contributed by atoms with van der Waals surface area (Å²) in [7, 11) is 0. The number of morpholine rings is 1. The second-order valence-corrected chi connectivity index (χ2v) is 7.14. The van der Waals surface area contributed by atoms with E-state index >= 15 is 0 Å². The van der Waals surface area contributed by atoms with Crippen molar-refractivity contribution in [3.63, 3.8) is 0 Å². The van der Waals surface area contributed by atoms with Crippen LogP contribution in [0.4, 0.5) is 0 Å². The fraction of sp³-hybridized carbons (Fsp3) is 0.318. The first-order chi connectivity index (χ1) is 13.0. The number of rotatable bonds is 3. The van der Waals surface area contributed by atoms with Gasteiger partial charge < -0.3 is 14.6 Å². The van der Waals surface area contributed by atoms with Crippen molar-refractivity contribution in [3.8, 4) is 11.5 Å². The summed E-state index contributed by atoms with van der Waals surface area (Å²) in [6.07, 6.45) is 1.77. The predicted molar refractivity (Wildman–Crippen MR) is 103 cm³/mol. The van der Waals surface area contributed by atoms with Gasteiger partial charge in [-0.1, -0.05) is 29.8 Å². The topological polar surface area (TPSA) is 59.0 Å². The minimum atomic E-state index is -0.132. The number of fused-ring (bicyclic) bond motifs is 1. The second-order valence-electron chi connectivity index (χ2n) is 7.14. The van der Waals surface area contributed by atoms with Crippen LogP contribution in [0.15, 0.2) is 36.1 Å². The van der Waals surface area contributed by atoms with Crippen LogP contribution in [0.3, 0.4) is 0 Å². The summed E-state index contributed by atoms with van der Waals surface area (Å²) in [5, 5.41) is 10.5. The Labute approximate surface area is 158 Å². The largest absolute Gasteiger partial charge is 0.507 e. The summed E-state index contributed by atoms with van der Waals surface area (Å²) in [6.45, 7) is 7.30. The minimum absolute atomic E-state index is 0.132. The maximum atomic E-state index is 13.0. The van der Waals surface area contributed by atoms with Gasteiger partial charge in [0.05, 0.1) is 24.3 Å². The first-order valence-corrected chi connectivity index (χ1v) is 9.19. The smallest absolute Gasteiger partial charge is 0.232 e. The fourth-order valence-corrected chi connectivity index (χ4v) is 3.63. The van der Waals surface area contributed by atoms with Crippen molar-refractivity contribution >= 4 is 11.9 Å². The lowest BCUT2D eigenvalue weighted by atomic mass is 9.99. The van der Waals surface area contributed by atoms with Crippen LogP contribution in [0.2, 0.25) is 0 Å². The third kappa shape index (κ3) is 3.48. The molecule has 0 atom stereocenters. The number of benzene rings is 2. The number of nitrogens with zero attached hydrogens (tertiary/aromatic N) is 1. The van der Waals surface area contributed by atoms with Crippen LogP contribution >= 0.6 is 0 Å². The summed E-state index contributed by atoms with van der Waals surface area (Å²) in [5.41, 5.74) is 3.98. The number of hydrogen-bond donors (Lipinski definition) is 1. The Hall–Kier alpha value is -2.63. The highest BCUT2D eigenvalue weighted by atomic mass is 16.5. The number of ketones is 1. The van der Waals surface area contributed by atoms with E-state index in [2.05, 4.69) is 4.90 Å². The third-order valence-electron chi connectivity index (χ3n) is 5.05. The van der Waals surface area contributed by atoms with Crippen LogP contribution in [0.25, 0.3) is 6.08 Å². The van der Waals surface area contributed by atoms with Crippen molar-refractivity contribution in [1.82, 2.24) is 4.90 Å². The van der Waals surface area contributed by atoms with Gasteiger partial charge >= 0.3 is 0 Å². The fourth-order valence-electron chi connectivity index (χ4n) is 3.63. The van der Waals surface area contributed by atoms with Crippen LogP contribution in [-0.2, 0) is 11.3 Å². The van der Waals surface area contributed by atoms with Crippen molar-refractivity contribution in [1.29, 1.82) is 0 Å². The molecule has 0 bridgehead atoms. The van der Waals surface area contributed by atoms with Gasteiger partial charge in [0.1, 0.15) is 11.5 Å². The Bertz CT molecular complexity index is 926. The predicted octanol–water partition coefficient (Wildman–Crippen LogP) is 3.46. The van der Waals surface area contributed by atoms with Gasteiger partial charge in [-0.15, -0.1) is 0 Å². The summed E-state index contributed by atoms with van der Waals surface area (Å²) >= 11 is 0. The molecule has 0 amide bonds. The Kier molecular flexibility index (Phi) is 4.72. The average Bonchev–Trinajstić information content (AvgIpc) is 2.96. The second kappa shape index (κ2) is 7.18. The molecule has 0 radical (unpaired) electrons. The van der Waals surface area contributed by atoms with Crippen LogP contribution in [0, 0.1) is 13.8 Å². The average molecular weight is 365 g/mol. The zero-order chi connectivity index (χ0) is 19.0. The number of phenolic OH excluding ortho intramolecular Hbond substituents is 1. The molecule has 4 rings (SSSR count). The monoisotopic (exact) mass is 365 g/mol. The van der Waals surface area contributed by atoms with Crippen molar-refractivity contribution < 1.29 is 19.4 Å². The number of aryl methyl sites for hydroxylation is 2. The molecule has 1 fully saturated rings. The Morgan fingerprint density at radius 3 is 2.70 bits per heavy atom. The van der Waals surface area contributed by atoms with E-state index in [1.54, 1.807) is 12.1 Å². The quantitative estimate of drug-likeness (QED) is 0.844. The van der Waals surface area contributed by atoms with Gasteiger partial charge in [-0.25, -0.2) is 0 Å². The molecular formula is C22H23NO4. The molecule has 2 aliphatic heterocycles. The van der Waals surface area contributed by atoms with Gasteiger partial charge in [-0.3, -0.25) is 9.69 Å². The number of ether oxygens (including phenoxy) is 2. The molecule has 5 heteroatoms. The van der Waals surface area contributed by atoms with Crippen molar-refractivity contribution in [2.75, 3.05) is 26.3 Å². The maximum absolute atomic E-state index is 13.0. The molecule has 0 aromatic heterocycles. The summed E-state index contributed by atoms with van der Waals surface area (Å²) in [5.74, 6) is 0.824. The van der Waals surface area contributed by atoms with E-state index in [1.165, 1.54) is 0 Å². The van der Waals surface area contributed by atoms with Crippen LogP contribution < -0.4 is 4.74 Å². The standard InChI is InChI=1S/C22H23NO4/c1-14-4-3-5-16(10-14)12-19-21(25)20-15(2)11-18(24)17(22(20)27-19)13-23-6-8-26-9-7-23/h3-5,10-12,24H,6-9,13H2,1-2H3/b19-12-. The van der Waals surface area contributed by atoms with Gasteiger partial charge in [0, 0.05) is 19.6 Å². The van der Waals surface area contributed by atoms with Crippen LogP contribution in [-0.4, -0.2) is 42.1 Å². The van der Waals surface area contributed by atoms with Crippen LogP contribution in [0.5, 0.6) is 11.5 Å². The first kappa shape index (κ1) is 17.8. The van der Waals surface area contributed by atoms with Crippen molar-refractivity contribution in [2.24, 2.45) is 0 Å². The summed E-state index contributed by atoms with van der Waals surface area (Å²) < 4.78 is 11.4. The molecule has 0 aliphatic carbocycles. The Morgan fingerprint density at radius 2 is 1.96 bits per heavy atom. The molecule has 1 saturated heterocycles. The number of carbonyl (C=O) groups excluding carboxylic acids is 1. The van der Waals surface area contributed by atoms with Gasteiger partial charge in [-0.2, -0.15) is 0 Å². The molecule has 2 aliphatic rings. The van der Waals surface area contributed by atoms with Crippen molar-refractivity contribution in [2.45, 2.75) is 20.4 Å². The van der Waals surface area contributed by atoms with Crippen molar-refractivity contribution in [3.05, 3.63) is 63.9 Å². The lowest BCUT2D eigenvalue weighted by molar-refractivity contribution is 0.0336. The van der Waals surface area contributed by atoms with E-state index in [9.17, 15) is 9.90 Å². The molecule has 2 aromatic carbocycles. The molecule has 1 N–H and O–H groups in total. The summed E-state index contributed by atoms with van der Waals surface area (Å²) in [4.78, 5) is 15.2. The molecule has 0 saturated carbocycles. The number of phenols is 1. The van der Waals surface area contributed by atoms with Gasteiger partial charge in [0.15, 0.2) is 5.76 Å². The van der Waals surface area contributed by atoms with Gasteiger partial charge in [0.25, 0.3) is 0 Å². The lowest BCUT2D eigenvalue weighted by Crippen LogP contribution is -2.35. The minimum Gasteiger partial charge on any atom is -0.507 e. The van der Waals surface area contributed by atoms with E-state index in [1.807, 2.05) is 38.1 Å². The van der Waals surface area contributed by atoms with E-state index in [0.29, 0.717) is 42.4 Å². The van der Waals surface area contributed by atoms with Crippen LogP contribution in [0.1, 0.15) is 32.6 Å². The number of Topliss-reactive ketones (excluding diaryl/α,β-unsaturated/α-hetero) is 1. The zero-order valence-electron chi connectivity index (χ0n) is 15.6. The molecular weight excluding hydrogens is 342 g/mol. The summed E-state index contributed by atoms with van der Waals surface area (Å²) in [6, 6.07) is 9.57. The molecule has 27 heavy (non-hydrogen) atoms. The van der Waals surface area contributed by atoms with Gasteiger partial charge in [-0.05, 0) is 37.1 Å². The normalized spacial score (nSPS) is 18.6. The molecule has 0 unspecified atom stereocenters. The van der Waals surface area contributed by atoms with E-state index in [4.69, 9.17) is 9.47 Å². The Balaban J connectivity index is 1.71. The molecule has 2 aromatic rings. The Morgan fingerprint density at radius 1 is 1.19 bits per heavy atom. The highest BCUT2D eigenvalue weighted by Gasteiger charge is 2.33. The molecule has 2 heterocycles. The molecule has 5 nitrogen and oxygen atoms in total. The maximum Gasteiger partial charge on any atom is 0.232 e. The lowest BCUT2D eigenvalue weighted by Gasteiger charge is -2.27. The van der Waals surface area contributed by atoms with E-state index in [0.717, 1.165) is 29.8 Å².